The molecule has 0 bridgehead atoms. The van der Waals surface area contributed by atoms with Gasteiger partial charge in [-0.15, -0.1) is 11.3 Å². The van der Waals surface area contributed by atoms with Crippen molar-refractivity contribution in [2.24, 2.45) is 5.92 Å². The Kier molecular flexibility index (Phi) is 6.07. The number of benzene rings is 2. The number of rotatable bonds is 6. The summed E-state index contributed by atoms with van der Waals surface area (Å²) in [6.45, 7) is 1.78. The molecule has 0 spiro atoms. The van der Waals surface area contributed by atoms with Gasteiger partial charge in [-0.05, 0) is 38.1 Å². The van der Waals surface area contributed by atoms with Crippen LogP contribution in [0.25, 0.3) is 11.3 Å². The van der Waals surface area contributed by atoms with Crippen molar-refractivity contribution in [3.63, 3.8) is 0 Å². The number of hydrogen-bond acceptors (Lipinski definition) is 4. The van der Waals surface area contributed by atoms with Crippen LogP contribution in [0.5, 0.6) is 0 Å². The summed E-state index contributed by atoms with van der Waals surface area (Å²) >= 11 is 1.64. The third-order valence-electron chi connectivity index (χ3n) is 5.33. The zero-order chi connectivity index (χ0) is 20.2. The highest BCUT2D eigenvalue weighted by molar-refractivity contribution is 7.09. The summed E-state index contributed by atoms with van der Waals surface area (Å²) in [5, 5.41) is 3.10. The molecule has 1 atom stereocenters. The second-order valence-electron chi connectivity index (χ2n) is 7.96. The van der Waals surface area contributed by atoms with E-state index in [4.69, 9.17) is 4.98 Å². The predicted octanol–water partition coefficient (Wildman–Crippen LogP) is 4.51. The normalized spacial score (nSPS) is 16.1. The molecule has 2 heterocycles. The van der Waals surface area contributed by atoms with Gasteiger partial charge in [0.2, 0.25) is 5.91 Å². The fourth-order valence-electron chi connectivity index (χ4n) is 4.07. The van der Waals surface area contributed by atoms with Crippen LogP contribution in [-0.2, 0) is 17.6 Å². The van der Waals surface area contributed by atoms with E-state index in [0.29, 0.717) is 18.8 Å². The molecule has 1 aliphatic heterocycles. The average molecular weight is 406 g/mol. The number of nitrogens with zero attached hydrogens (tertiary/aromatic N) is 3. The van der Waals surface area contributed by atoms with E-state index in [2.05, 4.69) is 54.7 Å². The minimum Gasteiger partial charge on any atom is -0.312 e. The molecule has 0 fully saturated rings. The Morgan fingerprint density at radius 2 is 1.90 bits per heavy atom. The van der Waals surface area contributed by atoms with Gasteiger partial charge >= 0.3 is 0 Å². The lowest BCUT2D eigenvalue weighted by atomic mass is 9.91. The van der Waals surface area contributed by atoms with Crippen molar-refractivity contribution in [3.05, 3.63) is 70.5 Å². The summed E-state index contributed by atoms with van der Waals surface area (Å²) in [4.78, 5) is 22.1. The molecular formula is C24H27N3OS. The van der Waals surface area contributed by atoms with Gasteiger partial charge in [-0.3, -0.25) is 4.79 Å². The lowest BCUT2D eigenvalue weighted by molar-refractivity contribution is -0.118. The second kappa shape index (κ2) is 8.89. The van der Waals surface area contributed by atoms with Gasteiger partial charge in [0.1, 0.15) is 0 Å². The first-order valence-corrected chi connectivity index (χ1v) is 11.0. The number of amides is 1. The summed E-state index contributed by atoms with van der Waals surface area (Å²) in [6.07, 6.45) is 2.21. The number of anilines is 1. The third kappa shape index (κ3) is 4.74. The van der Waals surface area contributed by atoms with Crippen molar-refractivity contribution in [1.29, 1.82) is 0 Å². The van der Waals surface area contributed by atoms with Crippen LogP contribution in [0.15, 0.2) is 60.0 Å². The quantitative estimate of drug-likeness (QED) is 0.605. The molecule has 4 nitrogen and oxygen atoms in total. The summed E-state index contributed by atoms with van der Waals surface area (Å²) in [7, 11) is 4.19. The minimum atomic E-state index is 0.192. The van der Waals surface area contributed by atoms with E-state index < -0.39 is 0 Å². The minimum absolute atomic E-state index is 0.192. The van der Waals surface area contributed by atoms with E-state index in [0.717, 1.165) is 41.5 Å². The number of carbonyl (C=O) groups excluding carboxylic acids is 1. The highest BCUT2D eigenvalue weighted by Gasteiger charge is 2.28. The highest BCUT2D eigenvalue weighted by Crippen LogP contribution is 2.31. The zero-order valence-corrected chi connectivity index (χ0v) is 17.9. The summed E-state index contributed by atoms with van der Waals surface area (Å²) < 4.78 is 0. The van der Waals surface area contributed by atoms with Crippen molar-refractivity contribution < 1.29 is 4.79 Å². The van der Waals surface area contributed by atoms with Crippen molar-refractivity contribution >= 4 is 22.9 Å². The lowest BCUT2D eigenvalue weighted by Gasteiger charge is -2.35. The van der Waals surface area contributed by atoms with Crippen LogP contribution in [0.3, 0.4) is 0 Å². The van der Waals surface area contributed by atoms with E-state index in [1.165, 1.54) is 5.56 Å². The molecule has 1 unspecified atom stereocenters. The fourth-order valence-corrected chi connectivity index (χ4v) is 4.88. The number of fused-ring (bicyclic) bond motifs is 1. The molecule has 5 heteroatoms. The van der Waals surface area contributed by atoms with Gasteiger partial charge in [-0.2, -0.15) is 0 Å². The third-order valence-corrected chi connectivity index (χ3v) is 6.24. The van der Waals surface area contributed by atoms with Crippen molar-refractivity contribution in [2.75, 3.05) is 32.1 Å². The van der Waals surface area contributed by atoms with Crippen LogP contribution < -0.4 is 4.90 Å². The molecule has 0 radical (unpaired) electrons. The molecule has 0 N–H and O–H groups in total. The average Bonchev–Trinajstić information content (AvgIpc) is 3.21. The maximum absolute atomic E-state index is 13.1. The Morgan fingerprint density at radius 1 is 1.14 bits per heavy atom. The summed E-state index contributed by atoms with van der Waals surface area (Å²) in [5.41, 5.74) is 4.47. The lowest BCUT2D eigenvalue weighted by Crippen LogP contribution is -2.43. The first kappa shape index (κ1) is 19.8. The van der Waals surface area contributed by atoms with Gasteiger partial charge in [0.25, 0.3) is 0 Å². The molecule has 1 aliphatic rings. The van der Waals surface area contributed by atoms with Crippen molar-refractivity contribution in [1.82, 2.24) is 9.88 Å². The predicted molar refractivity (Wildman–Crippen MR) is 120 cm³/mol. The molecule has 0 saturated heterocycles. The summed E-state index contributed by atoms with van der Waals surface area (Å²) in [6, 6.07) is 18.5. The maximum atomic E-state index is 13.1. The van der Waals surface area contributed by atoms with Crippen molar-refractivity contribution in [3.8, 4) is 11.3 Å². The fraction of sp³-hybridized carbons (Fsp3) is 0.333. The first-order valence-electron chi connectivity index (χ1n) is 10.1. The van der Waals surface area contributed by atoms with Crippen LogP contribution >= 0.6 is 11.3 Å². The first-order chi connectivity index (χ1) is 14.1. The van der Waals surface area contributed by atoms with Gasteiger partial charge in [0.05, 0.1) is 10.7 Å². The topological polar surface area (TPSA) is 36.4 Å². The molecule has 1 amide bonds. The number of thiazole rings is 1. The van der Waals surface area contributed by atoms with Crippen LogP contribution in [-0.4, -0.2) is 43.0 Å². The van der Waals surface area contributed by atoms with Crippen LogP contribution in [0.2, 0.25) is 0 Å². The van der Waals surface area contributed by atoms with E-state index in [-0.39, 0.29) is 5.91 Å². The van der Waals surface area contributed by atoms with E-state index in [1.54, 1.807) is 11.3 Å². The van der Waals surface area contributed by atoms with Gasteiger partial charge < -0.3 is 9.80 Å². The maximum Gasteiger partial charge on any atom is 0.227 e. The van der Waals surface area contributed by atoms with Crippen LogP contribution in [0.1, 0.15) is 17.0 Å². The molecule has 2 aromatic carbocycles. The van der Waals surface area contributed by atoms with Gasteiger partial charge in [-0.1, -0.05) is 48.5 Å². The Hall–Kier alpha value is -2.50. The standard InChI is InChI=1S/C24H27N3OS/c1-26(2)15-18-14-20-10-6-7-11-22(20)27(16-18)24(28)13-12-23-25-21(17-29-23)19-8-4-3-5-9-19/h3-11,17-18H,12-16H2,1-2H3. The van der Waals surface area contributed by atoms with Crippen molar-refractivity contribution in [2.45, 2.75) is 19.3 Å². The zero-order valence-electron chi connectivity index (χ0n) is 17.0. The second-order valence-corrected chi connectivity index (χ2v) is 8.90. The molecule has 1 aromatic heterocycles. The number of hydrogen-bond donors (Lipinski definition) is 0. The monoisotopic (exact) mass is 405 g/mol. The van der Waals surface area contributed by atoms with E-state index >= 15 is 0 Å². The molecule has 150 valence electrons. The van der Waals surface area contributed by atoms with Crippen LogP contribution in [0, 0.1) is 5.92 Å². The molecule has 0 saturated carbocycles. The largest absolute Gasteiger partial charge is 0.312 e. The van der Waals surface area contributed by atoms with Gasteiger partial charge in [-0.25, -0.2) is 4.98 Å². The van der Waals surface area contributed by atoms with Gasteiger partial charge in [0, 0.05) is 42.6 Å². The Morgan fingerprint density at radius 3 is 2.69 bits per heavy atom. The molecule has 3 aromatic rings. The number of aryl methyl sites for hydroxylation is 1. The van der Waals surface area contributed by atoms with E-state index in [1.807, 2.05) is 29.2 Å². The molecular weight excluding hydrogens is 378 g/mol. The number of aromatic nitrogens is 1. The Bertz CT molecular complexity index is 967. The summed E-state index contributed by atoms with van der Waals surface area (Å²) in [5.74, 6) is 0.658. The Balaban J connectivity index is 1.44. The molecule has 4 rings (SSSR count). The van der Waals surface area contributed by atoms with Crippen LogP contribution in [0.4, 0.5) is 5.69 Å². The molecule has 0 aliphatic carbocycles. The smallest absolute Gasteiger partial charge is 0.227 e. The molecule has 29 heavy (non-hydrogen) atoms. The Labute approximate surface area is 176 Å². The van der Waals surface area contributed by atoms with E-state index in [9.17, 15) is 4.79 Å². The van der Waals surface area contributed by atoms with Gasteiger partial charge in [0.15, 0.2) is 0 Å². The SMILES string of the molecule is CN(C)CC1Cc2ccccc2N(C(=O)CCc2nc(-c3ccccc3)cs2)C1. The number of carbonyl (C=O) groups is 1. The number of para-hydroxylation sites is 1. The highest BCUT2D eigenvalue weighted by atomic mass is 32.1.